The largest absolute Gasteiger partial charge is 0.480 e. The van der Waals surface area contributed by atoms with E-state index < -0.39 is 31.0 Å². The molecule has 1 aromatic rings. The second kappa shape index (κ2) is 6.55. The Hall–Kier alpha value is -2.58. The highest BCUT2D eigenvalue weighted by Crippen LogP contribution is 2.07. The van der Waals surface area contributed by atoms with Crippen LogP contribution in [-0.4, -0.2) is 46.0 Å². The fourth-order valence-electron chi connectivity index (χ4n) is 1.43. The number of nitrogens with two attached hydrogens (primary N) is 1. The van der Waals surface area contributed by atoms with E-state index in [1.807, 2.05) is 0 Å². The molecular weight excluding hydrogens is 268 g/mol. The van der Waals surface area contributed by atoms with E-state index in [0.29, 0.717) is 17.3 Å². The smallest absolute Gasteiger partial charge is 0.323 e. The Balaban J connectivity index is 2.61. The first-order chi connectivity index (χ1) is 9.29. The predicted molar refractivity (Wildman–Crippen MR) is 66.6 cm³/mol. The number of nitrogens with one attached hydrogen (secondary N) is 1. The number of rotatable bonds is 6. The summed E-state index contributed by atoms with van der Waals surface area (Å²) in [6.45, 7) is 2.37. The summed E-state index contributed by atoms with van der Waals surface area (Å²) in [6, 6.07) is -0.736. The number of nitrogens with zero attached hydrogens (tertiary/aromatic N) is 2. The Kier molecular flexibility index (Phi) is 5.07. The number of urea groups is 1. The van der Waals surface area contributed by atoms with E-state index >= 15 is 0 Å². The molecule has 0 atom stereocenters. The molecule has 3 amide bonds. The molecule has 0 spiro atoms. The Bertz CT molecular complexity index is 489. The van der Waals surface area contributed by atoms with Gasteiger partial charge in [-0.3, -0.25) is 9.59 Å². The van der Waals surface area contributed by atoms with Gasteiger partial charge in [-0.25, -0.2) is 9.78 Å². The van der Waals surface area contributed by atoms with Gasteiger partial charge in [0.25, 0.3) is 0 Å². The number of carboxylic acids is 1. The number of aryl methyl sites for hydroxylation is 2. The summed E-state index contributed by atoms with van der Waals surface area (Å²) in [6.07, 6.45) is 0. The monoisotopic (exact) mass is 284 g/mol. The summed E-state index contributed by atoms with van der Waals surface area (Å²) in [4.78, 5) is 38.0. The lowest BCUT2D eigenvalue weighted by molar-refractivity contribution is -0.137. The van der Waals surface area contributed by atoms with Gasteiger partial charge >= 0.3 is 12.0 Å². The van der Waals surface area contributed by atoms with Gasteiger partial charge in [-0.15, -0.1) is 0 Å². The van der Waals surface area contributed by atoms with E-state index in [9.17, 15) is 14.4 Å². The zero-order valence-electron chi connectivity index (χ0n) is 11.2. The molecule has 1 aromatic heterocycles. The van der Waals surface area contributed by atoms with Crippen molar-refractivity contribution in [1.29, 1.82) is 0 Å². The third-order valence-corrected chi connectivity index (χ3v) is 2.42. The van der Waals surface area contributed by atoms with Gasteiger partial charge in [0.15, 0.2) is 0 Å². The van der Waals surface area contributed by atoms with Gasteiger partial charge in [0.1, 0.15) is 18.8 Å². The van der Waals surface area contributed by atoms with Gasteiger partial charge in [0.2, 0.25) is 11.8 Å². The van der Waals surface area contributed by atoms with Crippen LogP contribution < -0.4 is 11.1 Å². The topological polar surface area (TPSA) is 139 Å². The first-order valence-electron chi connectivity index (χ1n) is 5.75. The first kappa shape index (κ1) is 15.5. The fraction of sp³-hybridized carbons (Fsp3) is 0.455. The molecule has 0 unspecified atom stereocenters. The normalized spacial score (nSPS) is 10.1. The minimum atomic E-state index is -1.25. The summed E-state index contributed by atoms with van der Waals surface area (Å²) >= 11 is 0. The molecule has 0 bridgehead atoms. The zero-order chi connectivity index (χ0) is 15.3. The molecule has 0 saturated heterocycles. The van der Waals surface area contributed by atoms with Crippen LogP contribution in [-0.2, 0) is 16.1 Å². The number of aliphatic carboxylic acids is 1. The van der Waals surface area contributed by atoms with Crippen molar-refractivity contribution in [3.05, 3.63) is 17.3 Å². The van der Waals surface area contributed by atoms with E-state index in [4.69, 9.17) is 15.3 Å². The minimum absolute atomic E-state index is 0.0115. The van der Waals surface area contributed by atoms with Gasteiger partial charge in [-0.2, -0.15) is 0 Å². The van der Waals surface area contributed by atoms with E-state index in [1.54, 1.807) is 13.8 Å². The van der Waals surface area contributed by atoms with Crippen LogP contribution in [0.2, 0.25) is 0 Å². The van der Waals surface area contributed by atoms with Gasteiger partial charge in [-0.1, -0.05) is 0 Å². The molecule has 0 fully saturated rings. The highest BCUT2D eigenvalue weighted by atomic mass is 16.4. The molecule has 110 valence electrons. The number of carbonyl (C=O) groups excluding carboxylic acids is 2. The minimum Gasteiger partial charge on any atom is -0.480 e. The molecule has 0 aromatic carbocycles. The van der Waals surface area contributed by atoms with Crippen molar-refractivity contribution in [3.63, 3.8) is 0 Å². The molecule has 0 saturated carbocycles. The number of carbonyl (C=O) groups is 3. The van der Waals surface area contributed by atoms with Crippen molar-refractivity contribution in [2.75, 3.05) is 13.1 Å². The maximum atomic E-state index is 11.8. The molecule has 1 rings (SSSR count). The lowest BCUT2D eigenvalue weighted by atomic mass is 10.4. The molecule has 4 N–H and O–H groups in total. The van der Waals surface area contributed by atoms with Crippen molar-refractivity contribution < 1.29 is 23.9 Å². The van der Waals surface area contributed by atoms with E-state index in [1.165, 1.54) is 0 Å². The van der Waals surface area contributed by atoms with Crippen LogP contribution in [0.25, 0.3) is 0 Å². The number of oxazole rings is 1. The number of amides is 3. The van der Waals surface area contributed by atoms with Crippen molar-refractivity contribution in [2.45, 2.75) is 20.4 Å². The number of aromatic nitrogens is 1. The molecule has 0 aliphatic rings. The molecule has 0 aliphatic carbocycles. The van der Waals surface area contributed by atoms with Crippen molar-refractivity contribution in [3.8, 4) is 0 Å². The third kappa shape index (κ3) is 4.59. The Morgan fingerprint density at radius 1 is 1.35 bits per heavy atom. The van der Waals surface area contributed by atoms with Crippen molar-refractivity contribution in [2.24, 2.45) is 5.73 Å². The average molecular weight is 284 g/mol. The number of primary amides is 1. The van der Waals surface area contributed by atoms with Gasteiger partial charge < -0.3 is 25.5 Å². The van der Waals surface area contributed by atoms with E-state index in [0.717, 1.165) is 4.90 Å². The van der Waals surface area contributed by atoms with Crippen LogP contribution in [0, 0.1) is 13.8 Å². The summed E-state index contributed by atoms with van der Waals surface area (Å²) in [7, 11) is 0. The Labute approximate surface area is 114 Å². The van der Waals surface area contributed by atoms with Crippen molar-refractivity contribution >= 4 is 17.9 Å². The molecule has 9 nitrogen and oxygen atoms in total. The molecule has 9 heteroatoms. The third-order valence-electron chi connectivity index (χ3n) is 2.42. The van der Waals surface area contributed by atoms with Crippen LogP contribution in [0.4, 0.5) is 4.79 Å². The van der Waals surface area contributed by atoms with Crippen LogP contribution in [0.1, 0.15) is 17.3 Å². The quantitative estimate of drug-likeness (QED) is 0.635. The first-order valence-corrected chi connectivity index (χ1v) is 5.75. The SMILES string of the molecule is Cc1nc(CNC(=O)N(CC(N)=O)CC(=O)O)oc1C. The van der Waals surface area contributed by atoms with Crippen LogP contribution in [0.15, 0.2) is 4.42 Å². The van der Waals surface area contributed by atoms with Gasteiger partial charge in [-0.05, 0) is 13.8 Å². The van der Waals surface area contributed by atoms with E-state index in [2.05, 4.69) is 10.3 Å². The van der Waals surface area contributed by atoms with E-state index in [-0.39, 0.29) is 6.54 Å². The Morgan fingerprint density at radius 2 is 2.00 bits per heavy atom. The van der Waals surface area contributed by atoms with Crippen LogP contribution >= 0.6 is 0 Å². The standard InChI is InChI=1S/C11H16N4O5/c1-6-7(2)20-9(14-6)3-13-11(19)15(4-8(12)16)5-10(17)18/h3-5H2,1-2H3,(H2,12,16)(H,13,19)(H,17,18). The predicted octanol–water partition coefficient (Wildman–Crippen LogP) is -0.627. The lowest BCUT2D eigenvalue weighted by Gasteiger charge is -2.18. The Morgan fingerprint density at radius 3 is 2.45 bits per heavy atom. The number of hydrogen-bond acceptors (Lipinski definition) is 5. The fourth-order valence-corrected chi connectivity index (χ4v) is 1.43. The average Bonchev–Trinajstić information content (AvgIpc) is 2.64. The second-order valence-corrected chi connectivity index (χ2v) is 4.12. The van der Waals surface area contributed by atoms with Crippen LogP contribution in [0.5, 0.6) is 0 Å². The second-order valence-electron chi connectivity index (χ2n) is 4.12. The summed E-state index contributed by atoms with van der Waals surface area (Å²) in [5.41, 5.74) is 5.66. The molecule has 0 radical (unpaired) electrons. The van der Waals surface area contributed by atoms with Crippen LogP contribution in [0.3, 0.4) is 0 Å². The molecule has 1 heterocycles. The van der Waals surface area contributed by atoms with Gasteiger partial charge in [0, 0.05) is 0 Å². The lowest BCUT2D eigenvalue weighted by Crippen LogP contribution is -2.46. The zero-order valence-corrected chi connectivity index (χ0v) is 11.2. The van der Waals surface area contributed by atoms with Gasteiger partial charge in [0.05, 0.1) is 12.2 Å². The molecular formula is C11H16N4O5. The number of carboxylic acid groups (broad SMARTS) is 1. The summed E-state index contributed by atoms with van der Waals surface area (Å²) in [5.74, 6) is -1.12. The maximum Gasteiger partial charge on any atom is 0.323 e. The molecule has 0 aliphatic heterocycles. The summed E-state index contributed by atoms with van der Waals surface area (Å²) in [5, 5.41) is 11.1. The summed E-state index contributed by atoms with van der Waals surface area (Å²) < 4.78 is 5.25. The maximum absolute atomic E-state index is 11.8. The highest BCUT2D eigenvalue weighted by molar-refractivity contribution is 5.85. The van der Waals surface area contributed by atoms with Crippen molar-refractivity contribution in [1.82, 2.24) is 15.2 Å². The number of hydrogen-bond donors (Lipinski definition) is 3. The molecule has 20 heavy (non-hydrogen) atoms. The highest BCUT2D eigenvalue weighted by Gasteiger charge is 2.19.